The van der Waals surface area contributed by atoms with Crippen LogP contribution in [0.3, 0.4) is 0 Å². The second kappa shape index (κ2) is 6.47. The molecule has 0 amide bonds. The maximum atomic E-state index is 13.6. The summed E-state index contributed by atoms with van der Waals surface area (Å²) >= 11 is 6.37. The van der Waals surface area contributed by atoms with E-state index < -0.39 is 21.7 Å². The summed E-state index contributed by atoms with van der Waals surface area (Å²) in [4.78, 5) is 0.0669. The van der Waals surface area contributed by atoms with Crippen LogP contribution in [0.2, 0.25) is 5.02 Å². The summed E-state index contributed by atoms with van der Waals surface area (Å²) < 4.78 is 65.4. The van der Waals surface area contributed by atoms with Crippen molar-refractivity contribution in [2.75, 3.05) is 6.26 Å². The van der Waals surface area contributed by atoms with Gasteiger partial charge in [0, 0.05) is 22.4 Å². The van der Waals surface area contributed by atoms with E-state index in [1.165, 1.54) is 35.0 Å². The van der Waals surface area contributed by atoms with E-state index in [0.717, 1.165) is 11.8 Å². The van der Waals surface area contributed by atoms with Gasteiger partial charge in [0.25, 0.3) is 0 Å². The zero-order valence-electron chi connectivity index (χ0n) is 15.2. The summed E-state index contributed by atoms with van der Waals surface area (Å²) in [6.45, 7) is 1.81. The van der Waals surface area contributed by atoms with Gasteiger partial charge in [-0.2, -0.15) is 18.3 Å². The normalized spacial score (nSPS) is 12.8. The first-order valence-corrected chi connectivity index (χ1v) is 10.7. The standard InChI is InChI=1S/C20H14ClF3N2O2S/c1-11-3-8-15-14(17(11)21)9-10-16-18(15)26(25-19(16)20(22,23)24)12-4-6-13(7-5-12)29(2,27)28/h3-10H,1-2H3. The third-order valence-corrected chi connectivity index (χ3v) is 6.37. The maximum Gasteiger partial charge on any atom is 0.435 e. The monoisotopic (exact) mass is 438 g/mol. The number of alkyl halides is 3. The van der Waals surface area contributed by atoms with Crippen molar-refractivity contribution >= 4 is 43.1 Å². The molecule has 0 fully saturated rings. The largest absolute Gasteiger partial charge is 0.435 e. The van der Waals surface area contributed by atoms with Gasteiger partial charge in [-0.25, -0.2) is 13.1 Å². The maximum absolute atomic E-state index is 13.6. The highest BCUT2D eigenvalue weighted by Crippen LogP contribution is 2.39. The Morgan fingerprint density at radius 1 is 0.931 bits per heavy atom. The van der Waals surface area contributed by atoms with E-state index in [2.05, 4.69) is 5.10 Å². The van der Waals surface area contributed by atoms with Crippen molar-refractivity contribution in [3.63, 3.8) is 0 Å². The van der Waals surface area contributed by atoms with Crippen LogP contribution in [0.15, 0.2) is 53.4 Å². The van der Waals surface area contributed by atoms with Crippen LogP contribution in [0.1, 0.15) is 11.3 Å². The number of nitrogens with zero attached hydrogens (tertiary/aromatic N) is 2. The average Bonchev–Trinajstić information content (AvgIpc) is 3.04. The predicted octanol–water partition coefficient (Wildman–Crippen LogP) is 5.56. The summed E-state index contributed by atoms with van der Waals surface area (Å²) in [5, 5.41) is 5.36. The molecule has 0 aliphatic rings. The predicted molar refractivity (Wildman–Crippen MR) is 106 cm³/mol. The van der Waals surface area contributed by atoms with E-state index in [0.29, 0.717) is 21.5 Å². The Labute approximate surface area is 169 Å². The molecule has 0 radical (unpaired) electrons. The van der Waals surface area contributed by atoms with Gasteiger partial charge in [0.15, 0.2) is 15.5 Å². The molecule has 0 saturated carbocycles. The van der Waals surface area contributed by atoms with Gasteiger partial charge in [0.2, 0.25) is 0 Å². The molecule has 0 aliphatic carbocycles. The van der Waals surface area contributed by atoms with Gasteiger partial charge >= 0.3 is 6.18 Å². The number of fused-ring (bicyclic) bond motifs is 3. The third kappa shape index (κ3) is 3.26. The molecule has 0 atom stereocenters. The van der Waals surface area contributed by atoms with E-state index in [1.54, 1.807) is 18.2 Å². The average molecular weight is 439 g/mol. The molecule has 0 saturated heterocycles. The molecule has 4 aromatic rings. The molecule has 150 valence electrons. The second-order valence-electron chi connectivity index (χ2n) is 6.78. The van der Waals surface area contributed by atoms with Gasteiger partial charge in [0.1, 0.15) is 0 Å². The zero-order chi connectivity index (χ0) is 21.1. The Morgan fingerprint density at radius 3 is 2.10 bits per heavy atom. The SMILES string of the molecule is Cc1ccc2c(ccc3c(C(F)(F)F)nn(-c4ccc(S(C)(=O)=O)cc4)c32)c1Cl. The van der Waals surface area contributed by atoms with E-state index in [1.807, 2.05) is 6.92 Å². The number of aromatic nitrogens is 2. The topological polar surface area (TPSA) is 52.0 Å². The molecule has 0 aliphatic heterocycles. The fourth-order valence-electron chi connectivity index (χ4n) is 3.32. The molecule has 4 rings (SSSR count). The van der Waals surface area contributed by atoms with E-state index in [4.69, 9.17) is 11.6 Å². The fraction of sp³-hybridized carbons (Fsp3) is 0.150. The first-order chi connectivity index (χ1) is 13.5. The van der Waals surface area contributed by atoms with E-state index in [9.17, 15) is 21.6 Å². The first kappa shape index (κ1) is 19.7. The summed E-state index contributed by atoms with van der Waals surface area (Å²) in [6, 6.07) is 11.9. The molecule has 0 unspecified atom stereocenters. The molecular formula is C20H14ClF3N2O2S. The van der Waals surface area contributed by atoms with Gasteiger partial charge in [-0.3, -0.25) is 0 Å². The van der Waals surface area contributed by atoms with Crippen LogP contribution in [0.25, 0.3) is 27.4 Å². The van der Waals surface area contributed by atoms with Crippen LogP contribution in [0.5, 0.6) is 0 Å². The van der Waals surface area contributed by atoms with Gasteiger partial charge < -0.3 is 0 Å². The molecule has 3 aromatic carbocycles. The molecule has 9 heteroatoms. The fourth-order valence-corrected chi connectivity index (χ4v) is 4.17. The number of halogens is 4. The van der Waals surface area contributed by atoms with Gasteiger partial charge in [-0.1, -0.05) is 29.8 Å². The molecule has 4 nitrogen and oxygen atoms in total. The first-order valence-electron chi connectivity index (χ1n) is 8.47. The van der Waals surface area contributed by atoms with Gasteiger partial charge in [0.05, 0.1) is 21.1 Å². The molecule has 1 heterocycles. The lowest BCUT2D eigenvalue weighted by atomic mass is 10.0. The van der Waals surface area contributed by atoms with Crippen LogP contribution in [0.4, 0.5) is 13.2 Å². The Kier molecular flexibility index (Phi) is 4.40. The summed E-state index contributed by atoms with van der Waals surface area (Å²) in [5.74, 6) is 0. The van der Waals surface area contributed by atoms with Crippen molar-refractivity contribution in [3.05, 3.63) is 64.8 Å². The van der Waals surface area contributed by atoms with Gasteiger partial charge in [-0.15, -0.1) is 0 Å². The van der Waals surface area contributed by atoms with Crippen molar-refractivity contribution < 1.29 is 21.6 Å². The van der Waals surface area contributed by atoms with Crippen LogP contribution >= 0.6 is 11.6 Å². The highest BCUT2D eigenvalue weighted by atomic mass is 35.5. The lowest BCUT2D eigenvalue weighted by molar-refractivity contribution is -0.140. The number of hydrogen-bond donors (Lipinski definition) is 0. The van der Waals surface area contributed by atoms with Crippen LogP contribution < -0.4 is 0 Å². The summed E-state index contributed by atoms with van der Waals surface area (Å²) in [5.41, 5.74) is 0.349. The van der Waals surface area contributed by atoms with E-state index in [-0.39, 0.29) is 15.8 Å². The van der Waals surface area contributed by atoms with Crippen LogP contribution in [-0.2, 0) is 16.0 Å². The minimum Gasteiger partial charge on any atom is -0.232 e. The van der Waals surface area contributed by atoms with Crippen molar-refractivity contribution in [1.29, 1.82) is 0 Å². The van der Waals surface area contributed by atoms with Crippen LogP contribution in [-0.4, -0.2) is 24.5 Å². The van der Waals surface area contributed by atoms with Crippen LogP contribution in [0, 0.1) is 6.92 Å². The summed E-state index contributed by atoms with van der Waals surface area (Å²) in [6.07, 6.45) is -3.59. The Bertz CT molecular complexity index is 1380. The molecule has 29 heavy (non-hydrogen) atoms. The molecule has 0 bridgehead atoms. The van der Waals surface area contributed by atoms with Crippen molar-refractivity contribution in [2.45, 2.75) is 18.0 Å². The minimum atomic E-state index is -4.65. The summed E-state index contributed by atoms with van der Waals surface area (Å²) in [7, 11) is -3.43. The number of hydrogen-bond acceptors (Lipinski definition) is 3. The quantitative estimate of drug-likeness (QED) is 0.411. The number of rotatable bonds is 2. The highest BCUT2D eigenvalue weighted by Gasteiger charge is 2.37. The number of benzene rings is 3. The number of aryl methyl sites for hydroxylation is 1. The molecule has 1 aromatic heterocycles. The second-order valence-corrected chi connectivity index (χ2v) is 9.17. The Balaban J connectivity index is 2.10. The highest BCUT2D eigenvalue weighted by molar-refractivity contribution is 7.90. The van der Waals surface area contributed by atoms with E-state index >= 15 is 0 Å². The molecule has 0 N–H and O–H groups in total. The number of sulfone groups is 1. The smallest absolute Gasteiger partial charge is 0.232 e. The van der Waals surface area contributed by atoms with Gasteiger partial charge in [-0.05, 0) is 42.8 Å². The lowest BCUT2D eigenvalue weighted by Gasteiger charge is -2.09. The third-order valence-electron chi connectivity index (χ3n) is 4.74. The lowest BCUT2D eigenvalue weighted by Crippen LogP contribution is -2.07. The minimum absolute atomic E-state index is 0.0582. The van der Waals surface area contributed by atoms with Crippen molar-refractivity contribution in [1.82, 2.24) is 9.78 Å². The molecule has 0 spiro atoms. The Hall–Kier alpha value is -2.58. The Morgan fingerprint density at radius 2 is 1.52 bits per heavy atom. The van der Waals surface area contributed by atoms with Crippen molar-refractivity contribution in [3.8, 4) is 5.69 Å². The van der Waals surface area contributed by atoms with Crippen molar-refractivity contribution in [2.24, 2.45) is 0 Å². The zero-order valence-corrected chi connectivity index (χ0v) is 16.8. The molecular weight excluding hydrogens is 425 g/mol.